The van der Waals surface area contributed by atoms with Gasteiger partial charge in [-0.2, -0.15) is 18.2 Å². The van der Waals surface area contributed by atoms with E-state index in [0.29, 0.717) is 53.7 Å². The first kappa shape index (κ1) is 17.5. The average Bonchev–Trinajstić information content (AvgIpc) is 3.49. The van der Waals surface area contributed by atoms with Gasteiger partial charge >= 0.3 is 6.18 Å². The lowest BCUT2D eigenvalue weighted by Gasteiger charge is -3.10. The van der Waals surface area contributed by atoms with Crippen LogP contribution < -0.4 is 9.47 Å². The molecule has 0 saturated heterocycles. The van der Waals surface area contributed by atoms with Gasteiger partial charge in [-0.1, -0.05) is 0 Å². The number of imidazole rings is 1. The number of ether oxygens (including phenoxy) is 2. The Morgan fingerprint density at radius 2 is 1.81 bits per heavy atom. The fourth-order valence-corrected chi connectivity index (χ4v) is 8.87. The van der Waals surface area contributed by atoms with Crippen molar-refractivity contribution >= 4 is 11.6 Å². The van der Waals surface area contributed by atoms with Crippen LogP contribution in [0.2, 0.25) is 5.28 Å². The van der Waals surface area contributed by atoms with Crippen molar-refractivity contribution in [1.29, 1.82) is 0 Å². The Balaban J connectivity index is 1.07. The molecule has 9 rings (SSSR count). The van der Waals surface area contributed by atoms with Crippen LogP contribution in [0.15, 0.2) is 12.4 Å². The minimum absolute atomic E-state index is 0.0935. The van der Waals surface area contributed by atoms with E-state index in [1.54, 1.807) is 0 Å². The second-order valence-electron chi connectivity index (χ2n) is 10.1. The first-order valence-corrected chi connectivity index (χ1v) is 11.1. The van der Waals surface area contributed by atoms with E-state index in [1.165, 1.54) is 19.5 Å². The summed E-state index contributed by atoms with van der Waals surface area (Å²) in [5.41, 5.74) is -0.661. The molecule has 7 fully saturated rings. The van der Waals surface area contributed by atoms with Crippen LogP contribution in [0.3, 0.4) is 0 Å². The Hall–Kier alpha value is -2.03. The lowest BCUT2D eigenvalue weighted by atomic mass is 8.92. The third-order valence-corrected chi connectivity index (χ3v) is 9.74. The van der Waals surface area contributed by atoms with Gasteiger partial charge in [-0.05, 0) is 60.0 Å². The summed E-state index contributed by atoms with van der Waals surface area (Å²) in [5.74, 6) is 4.53. The summed E-state index contributed by atoms with van der Waals surface area (Å²) in [6.45, 7) is 0.557. The van der Waals surface area contributed by atoms with Crippen molar-refractivity contribution < 1.29 is 22.6 Å². The topological polar surface area (TPSA) is 62.1 Å². The number of hydrogen-bond acceptors (Lipinski definition) is 5. The number of methoxy groups -OCH3 is 1. The summed E-state index contributed by atoms with van der Waals surface area (Å²) in [6, 6.07) is 0.200. The highest BCUT2D eigenvalue weighted by Gasteiger charge is 3.10. The van der Waals surface area contributed by atoms with Crippen molar-refractivity contribution in [3.63, 3.8) is 0 Å². The molecule has 7 saturated carbocycles. The van der Waals surface area contributed by atoms with E-state index >= 15 is 0 Å². The highest BCUT2D eigenvalue weighted by molar-refractivity contribution is 6.28. The maximum atomic E-state index is 13.4. The number of nitrogens with zero attached hydrogens (tertiary/aromatic N) is 4. The van der Waals surface area contributed by atoms with E-state index in [9.17, 15) is 13.2 Å². The van der Waals surface area contributed by atoms with Gasteiger partial charge in [0.1, 0.15) is 5.82 Å². The van der Waals surface area contributed by atoms with Crippen LogP contribution in [0, 0.1) is 40.9 Å². The van der Waals surface area contributed by atoms with Crippen molar-refractivity contribution in [3.05, 3.63) is 29.2 Å². The molecule has 0 atom stereocenters. The van der Waals surface area contributed by atoms with E-state index in [2.05, 4.69) is 15.0 Å². The predicted molar refractivity (Wildman–Crippen MR) is 99.6 cm³/mol. The number of rotatable bonds is 6. The van der Waals surface area contributed by atoms with Crippen LogP contribution >= 0.6 is 11.6 Å². The standard InChI is InChI=1S/C21H18ClF3N4O2/c1-30-8-4-26-18(22)28-16(8)31-6-19-10-13-11(19)15-12(19)14(10)20(13,15)17-27-9(21(23,24)25)5-29(17)7-2-3-7/h4-5,7,10-15H,2-3,6H2,1H3. The number of hydrogen-bond donors (Lipinski definition) is 0. The Labute approximate surface area is 180 Å². The van der Waals surface area contributed by atoms with Crippen molar-refractivity contribution in [1.82, 2.24) is 19.5 Å². The molecule has 0 unspecified atom stereocenters. The van der Waals surface area contributed by atoms with Gasteiger partial charge in [0.15, 0.2) is 11.4 Å². The van der Waals surface area contributed by atoms with Crippen molar-refractivity contribution in [2.75, 3.05) is 13.7 Å². The zero-order valence-corrected chi connectivity index (χ0v) is 17.2. The highest BCUT2D eigenvalue weighted by Crippen LogP contribution is 3.09. The molecule has 7 aliphatic carbocycles. The van der Waals surface area contributed by atoms with Crippen LogP contribution in [0.25, 0.3) is 0 Å². The van der Waals surface area contributed by atoms with Crippen LogP contribution in [0.1, 0.15) is 30.4 Å². The number of alkyl halides is 3. The summed E-state index contributed by atoms with van der Waals surface area (Å²) in [6.07, 6.45) is 0.274. The van der Waals surface area contributed by atoms with Gasteiger partial charge in [0.05, 0.1) is 19.9 Å². The highest BCUT2D eigenvalue weighted by atomic mass is 35.5. The summed E-state index contributed by atoms with van der Waals surface area (Å²) in [7, 11) is 1.53. The lowest BCUT2D eigenvalue weighted by molar-refractivity contribution is -0.632. The van der Waals surface area contributed by atoms with Gasteiger partial charge in [-0.3, -0.25) is 0 Å². The molecule has 0 amide bonds. The normalized spacial score (nSPS) is 44.3. The second kappa shape index (κ2) is 4.82. The minimum atomic E-state index is -4.39. The average molecular weight is 451 g/mol. The molecule has 6 nitrogen and oxygen atoms in total. The van der Waals surface area contributed by atoms with Gasteiger partial charge < -0.3 is 14.0 Å². The van der Waals surface area contributed by atoms with Crippen molar-refractivity contribution in [2.24, 2.45) is 40.9 Å². The molecule has 0 aromatic carbocycles. The second-order valence-corrected chi connectivity index (χ2v) is 10.4. The van der Waals surface area contributed by atoms with Gasteiger partial charge in [0.25, 0.3) is 5.88 Å². The van der Waals surface area contributed by atoms with Gasteiger partial charge in [0, 0.05) is 23.1 Å². The van der Waals surface area contributed by atoms with Gasteiger partial charge in [0.2, 0.25) is 5.28 Å². The molecule has 2 aromatic heterocycles. The molecule has 7 aliphatic rings. The van der Waals surface area contributed by atoms with Crippen LogP contribution in [0.4, 0.5) is 13.2 Å². The molecule has 2 heterocycles. The van der Waals surface area contributed by atoms with E-state index < -0.39 is 11.9 Å². The minimum Gasteiger partial charge on any atom is -0.490 e. The Morgan fingerprint density at radius 1 is 1.13 bits per heavy atom. The Morgan fingerprint density at radius 3 is 2.39 bits per heavy atom. The van der Waals surface area contributed by atoms with Gasteiger partial charge in [-0.25, -0.2) is 9.97 Å². The first-order chi connectivity index (χ1) is 14.8. The molecule has 10 heteroatoms. The van der Waals surface area contributed by atoms with E-state index in [1.807, 2.05) is 4.57 Å². The fourth-order valence-electron chi connectivity index (χ4n) is 8.74. The molecule has 0 N–H and O–H groups in total. The van der Waals surface area contributed by atoms with Crippen LogP contribution in [-0.2, 0) is 11.6 Å². The zero-order chi connectivity index (χ0) is 21.1. The largest absolute Gasteiger partial charge is 0.490 e. The quantitative estimate of drug-likeness (QED) is 0.627. The zero-order valence-electron chi connectivity index (χ0n) is 16.4. The molecule has 31 heavy (non-hydrogen) atoms. The molecular formula is C21H18ClF3N4O2. The predicted octanol–water partition coefficient (Wildman–Crippen LogP) is 3.76. The first-order valence-electron chi connectivity index (χ1n) is 10.7. The van der Waals surface area contributed by atoms with E-state index in [-0.39, 0.29) is 22.2 Å². The van der Waals surface area contributed by atoms with Gasteiger partial charge in [-0.15, -0.1) is 0 Å². The van der Waals surface area contributed by atoms with Crippen molar-refractivity contribution in [2.45, 2.75) is 30.5 Å². The number of aromatic nitrogens is 4. The molecule has 2 aromatic rings. The molecule has 0 spiro atoms. The smallest absolute Gasteiger partial charge is 0.434 e. The molecule has 0 aliphatic heterocycles. The third-order valence-electron chi connectivity index (χ3n) is 9.56. The summed E-state index contributed by atoms with van der Waals surface area (Å²) < 4.78 is 53.3. The fraction of sp³-hybridized carbons (Fsp3) is 0.667. The summed E-state index contributed by atoms with van der Waals surface area (Å²) in [5, 5.41) is 0.108. The monoisotopic (exact) mass is 450 g/mol. The maximum absolute atomic E-state index is 13.4. The molecule has 162 valence electrons. The van der Waals surface area contributed by atoms with E-state index in [0.717, 1.165) is 18.7 Å². The summed E-state index contributed by atoms with van der Waals surface area (Å²) >= 11 is 5.90. The molecular weight excluding hydrogens is 433 g/mol. The Bertz CT molecular complexity index is 1120. The van der Waals surface area contributed by atoms with Crippen molar-refractivity contribution in [3.8, 4) is 11.6 Å². The van der Waals surface area contributed by atoms with Crippen LogP contribution in [-0.4, -0.2) is 33.2 Å². The summed E-state index contributed by atoms with van der Waals surface area (Å²) in [4.78, 5) is 12.2. The lowest BCUT2D eigenvalue weighted by Crippen LogP contribution is -3.12. The van der Waals surface area contributed by atoms with Crippen LogP contribution in [0.5, 0.6) is 11.6 Å². The molecule has 0 bridgehead atoms. The Kier molecular flexibility index (Phi) is 2.72. The maximum Gasteiger partial charge on any atom is 0.434 e. The SMILES string of the molecule is COc1cnc(Cl)nc1OCC12C3C4C1C1C2C3C41c1nc(C(F)(F)F)cn1C1CC1. The van der Waals surface area contributed by atoms with E-state index in [4.69, 9.17) is 21.1 Å². The third kappa shape index (κ3) is 1.56. The number of halogens is 4. The molecule has 0 radical (unpaired) electrons.